The van der Waals surface area contributed by atoms with Crippen molar-refractivity contribution in [1.82, 2.24) is 0 Å². The van der Waals surface area contributed by atoms with Crippen molar-refractivity contribution in [3.63, 3.8) is 0 Å². The normalized spacial score (nSPS) is 24.3. The maximum atomic E-state index is 5.98. The van der Waals surface area contributed by atoms with E-state index in [1.165, 1.54) is 56.1 Å². The van der Waals surface area contributed by atoms with Crippen LogP contribution < -0.4 is 0 Å². The summed E-state index contributed by atoms with van der Waals surface area (Å²) >= 11 is 0. The van der Waals surface area contributed by atoms with Crippen LogP contribution >= 0.6 is 0 Å². The average molecular weight is 322 g/mol. The first kappa shape index (κ1) is 17.1. The number of hydrogen-bond acceptors (Lipinski definition) is 1. The molecule has 0 N–H and O–H groups in total. The lowest BCUT2D eigenvalue weighted by molar-refractivity contribution is 0.297. The van der Waals surface area contributed by atoms with E-state index in [1.807, 2.05) is 0 Å². The fourth-order valence-electron chi connectivity index (χ4n) is 3.91. The van der Waals surface area contributed by atoms with Crippen LogP contribution in [0.25, 0.3) is 0 Å². The first-order valence-electron chi connectivity index (χ1n) is 9.52. The van der Waals surface area contributed by atoms with E-state index < -0.39 is 0 Å². The number of ether oxygens (including phenoxy) is 1. The third-order valence-corrected chi connectivity index (χ3v) is 5.18. The molecule has 2 aliphatic rings. The molecular weight excluding hydrogens is 292 g/mol. The van der Waals surface area contributed by atoms with Gasteiger partial charge in [-0.2, -0.15) is 0 Å². The Morgan fingerprint density at radius 2 is 1.96 bits per heavy atom. The van der Waals surface area contributed by atoms with E-state index in [9.17, 15) is 0 Å². The van der Waals surface area contributed by atoms with E-state index in [2.05, 4.69) is 62.4 Å². The minimum Gasteiger partial charge on any atom is -0.462 e. The molecule has 0 bridgehead atoms. The largest absolute Gasteiger partial charge is 0.462 e. The highest BCUT2D eigenvalue weighted by Gasteiger charge is 2.18. The summed E-state index contributed by atoms with van der Waals surface area (Å²) in [4.78, 5) is 0. The van der Waals surface area contributed by atoms with Gasteiger partial charge in [0.25, 0.3) is 0 Å². The summed E-state index contributed by atoms with van der Waals surface area (Å²) in [6.07, 6.45) is 15.8. The van der Waals surface area contributed by atoms with Crippen molar-refractivity contribution in [1.29, 1.82) is 0 Å². The zero-order valence-electron chi connectivity index (χ0n) is 15.1. The second kappa shape index (κ2) is 8.37. The van der Waals surface area contributed by atoms with E-state index in [0.29, 0.717) is 5.92 Å². The second-order valence-electron chi connectivity index (χ2n) is 7.37. The lowest BCUT2D eigenvalue weighted by Gasteiger charge is -2.19. The summed E-state index contributed by atoms with van der Waals surface area (Å²) in [6, 6.07) is 10.9. The topological polar surface area (TPSA) is 9.23 Å². The summed E-state index contributed by atoms with van der Waals surface area (Å²) in [7, 11) is 0. The molecule has 24 heavy (non-hydrogen) atoms. The van der Waals surface area contributed by atoms with Crippen LogP contribution in [0.5, 0.6) is 0 Å². The third kappa shape index (κ3) is 4.87. The van der Waals surface area contributed by atoms with Crippen molar-refractivity contribution in [3.05, 3.63) is 71.2 Å². The molecule has 1 heterocycles. The second-order valence-corrected chi connectivity index (χ2v) is 7.37. The summed E-state index contributed by atoms with van der Waals surface area (Å²) in [5, 5.41) is 0. The van der Waals surface area contributed by atoms with Crippen molar-refractivity contribution in [3.8, 4) is 0 Å². The first-order valence-corrected chi connectivity index (χ1v) is 9.52. The highest BCUT2D eigenvalue weighted by atomic mass is 16.5. The van der Waals surface area contributed by atoms with Crippen LogP contribution in [0, 0.1) is 11.8 Å². The molecule has 1 aromatic rings. The van der Waals surface area contributed by atoms with Crippen LogP contribution in [0.4, 0.5) is 0 Å². The van der Waals surface area contributed by atoms with Gasteiger partial charge in [0.05, 0.1) is 5.76 Å². The Hall–Kier alpha value is -1.76. The summed E-state index contributed by atoms with van der Waals surface area (Å²) < 4.78 is 5.98. The molecule has 1 nitrogen and oxygen atoms in total. The molecule has 0 aromatic heterocycles. The molecule has 0 amide bonds. The number of hydrogen-bond donors (Lipinski definition) is 0. The lowest BCUT2D eigenvalue weighted by atomic mass is 9.93. The molecule has 1 aliphatic heterocycles. The van der Waals surface area contributed by atoms with Crippen LogP contribution in [0.2, 0.25) is 0 Å². The summed E-state index contributed by atoms with van der Waals surface area (Å²) in [5.74, 6) is 3.49. The van der Waals surface area contributed by atoms with Crippen LogP contribution in [0.1, 0.15) is 57.9 Å². The smallest absolute Gasteiger partial charge is 0.126 e. The molecule has 128 valence electrons. The van der Waals surface area contributed by atoms with Gasteiger partial charge < -0.3 is 4.74 Å². The van der Waals surface area contributed by atoms with Gasteiger partial charge in [-0.1, -0.05) is 43.3 Å². The van der Waals surface area contributed by atoms with Gasteiger partial charge in [-0.25, -0.2) is 0 Å². The van der Waals surface area contributed by atoms with E-state index >= 15 is 0 Å². The molecule has 0 spiro atoms. The molecule has 2 atom stereocenters. The van der Waals surface area contributed by atoms with Gasteiger partial charge in [0.2, 0.25) is 0 Å². The van der Waals surface area contributed by atoms with Crippen molar-refractivity contribution < 1.29 is 4.74 Å². The Kier molecular flexibility index (Phi) is 5.96. The number of aryl methyl sites for hydroxylation is 1. The third-order valence-electron chi connectivity index (χ3n) is 5.18. The minimum atomic E-state index is 0.486. The SMILES string of the molecule is CC1=CC(C)C=C(C2=CCC(CCCc3ccccc3)CCC2)O1. The van der Waals surface area contributed by atoms with Gasteiger partial charge in [-0.15, -0.1) is 0 Å². The Labute approximate surface area is 147 Å². The summed E-state index contributed by atoms with van der Waals surface area (Å²) in [6.45, 7) is 4.29. The van der Waals surface area contributed by atoms with Gasteiger partial charge in [-0.05, 0) is 87.0 Å². The van der Waals surface area contributed by atoms with E-state index in [0.717, 1.165) is 17.4 Å². The number of benzene rings is 1. The molecule has 1 aromatic carbocycles. The molecule has 2 unspecified atom stereocenters. The maximum absolute atomic E-state index is 5.98. The predicted molar refractivity (Wildman–Crippen MR) is 102 cm³/mol. The zero-order chi connectivity index (χ0) is 16.8. The molecule has 0 fully saturated rings. The van der Waals surface area contributed by atoms with E-state index in [1.54, 1.807) is 0 Å². The number of rotatable bonds is 5. The Balaban J connectivity index is 1.51. The van der Waals surface area contributed by atoms with Crippen molar-refractivity contribution in [2.75, 3.05) is 0 Å². The molecular formula is C23H30O. The zero-order valence-corrected chi connectivity index (χ0v) is 15.1. The molecule has 0 saturated carbocycles. The fourth-order valence-corrected chi connectivity index (χ4v) is 3.91. The number of allylic oxidation sites excluding steroid dienone is 5. The van der Waals surface area contributed by atoms with Crippen molar-refractivity contribution >= 4 is 0 Å². The fraction of sp³-hybridized carbons (Fsp3) is 0.478. The Morgan fingerprint density at radius 3 is 2.75 bits per heavy atom. The van der Waals surface area contributed by atoms with Crippen LogP contribution in [0.15, 0.2) is 65.7 Å². The highest BCUT2D eigenvalue weighted by Crippen LogP contribution is 2.33. The lowest BCUT2D eigenvalue weighted by Crippen LogP contribution is -2.04. The maximum Gasteiger partial charge on any atom is 0.126 e. The molecule has 1 heteroatoms. The molecule has 0 saturated heterocycles. The monoisotopic (exact) mass is 322 g/mol. The van der Waals surface area contributed by atoms with Gasteiger partial charge in [-0.3, -0.25) is 0 Å². The van der Waals surface area contributed by atoms with E-state index in [-0.39, 0.29) is 0 Å². The van der Waals surface area contributed by atoms with Gasteiger partial charge in [0.1, 0.15) is 5.76 Å². The van der Waals surface area contributed by atoms with Crippen molar-refractivity contribution in [2.45, 2.75) is 58.8 Å². The molecule has 0 radical (unpaired) electrons. The Morgan fingerprint density at radius 1 is 1.12 bits per heavy atom. The minimum absolute atomic E-state index is 0.486. The molecule has 1 aliphatic carbocycles. The van der Waals surface area contributed by atoms with Crippen molar-refractivity contribution in [2.24, 2.45) is 11.8 Å². The predicted octanol–water partition coefficient (Wildman–Crippen LogP) is 6.58. The average Bonchev–Trinajstić information content (AvgIpc) is 2.81. The summed E-state index contributed by atoms with van der Waals surface area (Å²) in [5.41, 5.74) is 2.90. The van der Waals surface area contributed by atoms with Crippen LogP contribution in [-0.2, 0) is 11.2 Å². The van der Waals surface area contributed by atoms with Crippen LogP contribution in [0.3, 0.4) is 0 Å². The van der Waals surface area contributed by atoms with Gasteiger partial charge in [0.15, 0.2) is 0 Å². The first-order chi connectivity index (χ1) is 11.7. The highest BCUT2D eigenvalue weighted by molar-refractivity contribution is 5.31. The van der Waals surface area contributed by atoms with Gasteiger partial charge in [0, 0.05) is 0 Å². The molecule has 3 rings (SSSR count). The van der Waals surface area contributed by atoms with E-state index in [4.69, 9.17) is 4.74 Å². The standard InChI is InChI=1S/C23H30O/c1-18-16-19(2)24-23(17-18)22-13-7-12-21(14-15-22)11-6-10-20-8-4-3-5-9-20/h3-5,8-9,15-18,21H,6-7,10-14H2,1-2H3. The van der Waals surface area contributed by atoms with Gasteiger partial charge >= 0.3 is 0 Å². The quantitative estimate of drug-likeness (QED) is 0.595. The Bertz CT molecular complexity index is 621. The van der Waals surface area contributed by atoms with Crippen LogP contribution in [-0.4, -0.2) is 0 Å².